The molecule has 0 radical (unpaired) electrons. The van der Waals surface area contributed by atoms with Crippen LogP contribution >= 0.6 is 0 Å². The van der Waals surface area contributed by atoms with Crippen LogP contribution in [0.2, 0.25) is 0 Å². The molecular formula is C14H17F2NO2. The lowest BCUT2D eigenvalue weighted by Crippen LogP contribution is -2.46. The molecule has 2 atom stereocenters. The Hall–Kier alpha value is -1.49. The van der Waals surface area contributed by atoms with Crippen molar-refractivity contribution in [2.45, 2.75) is 37.8 Å². The van der Waals surface area contributed by atoms with Crippen LogP contribution in [0.15, 0.2) is 18.2 Å². The Morgan fingerprint density at radius 2 is 2.00 bits per heavy atom. The van der Waals surface area contributed by atoms with Crippen molar-refractivity contribution in [1.82, 2.24) is 4.90 Å². The highest BCUT2D eigenvalue weighted by molar-refractivity contribution is 5.94. The Morgan fingerprint density at radius 1 is 1.32 bits per heavy atom. The van der Waals surface area contributed by atoms with Crippen LogP contribution in [0.3, 0.4) is 0 Å². The van der Waals surface area contributed by atoms with Crippen LogP contribution in [0.25, 0.3) is 0 Å². The van der Waals surface area contributed by atoms with Gasteiger partial charge < -0.3 is 10.0 Å². The van der Waals surface area contributed by atoms with E-state index in [-0.39, 0.29) is 11.6 Å². The van der Waals surface area contributed by atoms with Gasteiger partial charge in [-0.1, -0.05) is 12.8 Å². The van der Waals surface area contributed by atoms with Crippen LogP contribution < -0.4 is 0 Å². The minimum atomic E-state index is -0.873. The van der Waals surface area contributed by atoms with Crippen molar-refractivity contribution in [3.8, 4) is 0 Å². The molecule has 1 aromatic carbocycles. The zero-order chi connectivity index (χ0) is 14.0. The van der Waals surface area contributed by atoms with Crippen LogP contribution in [-0.4, -0.2) is 35.1 Å². The average Bonchev–Trinajstić information content (AvgIpc) is 2.38. The number of hydrogen-bond donors (Lipinski definition) is 1. The lowest BCUT2D eigenvalue weighted by Gasteiger charge is -2.35. The van der Waals surface area contributed by atoms with E-state index in [2.05, 4.69) is 0 Å². The minimum Gasteiger partial charge on any atom is -0.391 e. The summed E-state index contributed by atoms with van der Waals surface area (Å²) < 4.78 is 26.4. The Bertz CT molecular complexity index is 479. The maximum atomic E-state index is 13.6. The van der Waals surface area contributed by atoms with Crippen LogP contribution in [0.4, 0.5) is 8.78 Å². The molecule has 1 saturated carbocycles. The van der Waals surface area contributed by atoms with E-state index in [0.29, 0.717) is 18.9 Å². The molecule has 0 aromatic heterocycles. The number of carbonyl (C=O) groups excluding carboxylic acids is 1. The van der Waals surface area contributed by atoms with Gasteiger partial charge in [0.1, 0.15) is 11.6 Å². The molecule has 19 heavy (non-hydrogen) atoms. The van der Waals surface area contributed by atoms with Crippen LogP contribution in [-0.2, 0) is 0 Å². The summed E-state index contributed by atoms with van der Waals surface area (Å²) in [7, 11) is 1.55. The molecule has 3 nitrogen and oxygen atoms in total. The van der Waals surface area contributed by atoms with E-state index in [4.69, 9.17) is 0 Å². The number of amides is 1. The first-order valence-electron chi connectivity index (χ1n) is 6.41. The van der Waals surface area contributed by atoms with E-state index in [0.717, 1.165) is 25.0 Å². The quantitative estimate of drug-likeness (QED) is 0.895. The number of benzene rings is 1. The molecular weight excluding hydrogens is 252 g/mol. The molecule has 2 unspecified atom stereocenters. The summed E-state index contributed by atoms with van der Waals surface area (Å²) >= 11 is 0. The molecule has 1 aliphatic carbocycles. The monoisotopic (exact) mass is 269 g/mol. The number of nitrogens with zero attached hydrogens (tertiary/aromatic N) is 1. The summed E-state index contributed by atoms with van der Waals surface area (Å²) in [5, 5.41) is 9.90. The maximum absolute atomic E-state index is 13.6. The van der Waals surface area contributed by atoms with E-state index in [1.54, 1.807) is 7.05 Å². The summed E-state index contributed by atoms with van der Waals surface area (Å²) in [5.74, 6) is -2.11. The first-order chi connectivity index (χ1) is 9.00. The molecule has 1 fully saturated rings. The van der Waals surface area contributed by atoms with Crippen molar-refractivity contribution in [1.29, 1.82) is 0 Å². The molecule has 5 heteroatoms. The first-order valence-corrected chi connectivity index (χ1v) is 6.41. The summed E-state index contributed by atoms with van der Waals surface area (Å²) in [4.78, 5) is 13.5. The van der Waals surface area contributed by atoms with Crippen molar-refractivity contribution < 1.29 is 18.7 Å². The number of hydrogen-bond acceptors (Lipinski definition) is 2. The summed E-state index contributed by atoms with van der Waals surface area (Å²) in [6.07, 6.45) is 2.64. The third kappa shape index (κ3) is 2.92. The van der Waals surface area contributed by atoms with E-state index in [1.807, 2.05) is 0 Å². The number of rotatable bonds is 2. The van der Waals surface area contributed by atoms with Crippen molar-refractivity contribution >= 4 is 5.91 Å². The van der Waals surface area contributed by atoms with E-state index in [9.17, 15) is 18.7 Å². The van der Waals surface area contributed by atoms with Gasteiger partial charge in [0.15, 0.2) is 0 Å². The number of carbonyl (C=O) groups is 1. The van der Waals surface area contributed by atoms with Gasteiger partial charge in [0.05, 0.1) is 17.7 Å². The summed E-state index contributed by atoms with van der Waals surface area (Å²) in [5.41, 5.74) is -0.165. The van der Waals surface area contributed by atoms with Crippen LogP contribution in [0.5, 0.6) is 0 Å². The Morgan fingerprint density at radius 3 is 2.63 bits per heavy atom. The predicted octanol–water partition coefficient (Wildman–Crippen LogP) is 2.34. The molecule has 1 aliphatic rings. The van der Waals surface area contributed by atoms with Gasteiger partial charge in [-0.3, -0.25) is 4.79 Å². The van der Waals surface area contributed by atoms with Crippen molar-refractivity contribution in [3.63, 3.8) is 0 Å². The van der Waals surface area contributed by atoms with Crippen LogP contribution in [0.1, 0.15) is 36.0 Å². The van der Waals surface area contributed by atoms with Gasteiger partial charge in [-0.05, 0) is 25.0 Å². The number of halogens is 2. The summed E-state index contributed by atoms with van der Waals surface area (Å²) in [6.45, 7) is 0. The number of aliphatic hydroxyl groups is 1. The Labute approximate surface area is 110 Å². The normalized spacial score (nSPS) is 23.2. The van der Waals surface area contributed by atoms with Gasteiger partial charge in [-0.2, -0.15) is 0 Å². The maximum Gasteiger partial charge on any atom is 0.256 e. The molecule has 1 amide bonds. The standard InChI is InChI=1S/C14H17F2NO2/c1-17(12-4-2-3-5-13(12)18)14(19)10-7-6-9(15)8-11(10)16/h6-8,12-13,18H,2-5H2,1H3. The molecule has 2 rings (SSSR count). The van der Waals surface area contributed by atoms with E-state index in [1.165, 1.54) is 4.90 Å². The Kier molecular flexibility index (Phi) is 4.14. The molecule has 0 spiro atoms. The highest BCUT2D eigenvalue weighted by Gasteiger charge is 2.30. The van der Waals surface area contributed by atoms with Gasteiger partial charge in [0.25, 0.3) is 5.91 Å². The van der Waals surface area contributed by atoms with Gasteiger partial charge in [-0.25, -0.2) is 8.78 Å². The third-order valence-corrected chi connectivity index (χ3v) is 3.67. The molecule has 0 heterocycles. The molecule has 1 N–H and O–H groups in total. The van der Waals surface area contributed by atoms with Crippen molar-refractivity contribution in [2.24, 2.45) is 0 Å². The number of aliphatic hydroxyl groups excluding tert-OH is 1. The topological polar surface area (TPSA) is 40.5 Å². The van der Waals surface area contributed by atoms with Crippen LogP contribution in [0, 0.1) is 11.6 Å². The highest BCUT2D eigenvalue weighted by Crippen LogP contribution is 2.24. The fourth-order valence-electron chi connectivity index (χ4n) is 2.55. The second kappa shape index (κ2) is 5.65. The molecule has 0 aliphatic heterocycles. The SMILES string of the molecule is CN(C(=O)c1ccc(F)cc1F)C1CCCCC1O. The largest absolute Gasteiger partial charge is 0.391 e. The van der Waals surface area contributed by atoms with Crippen molar-refractivity contribution in [3.05, 3.63) is 35.4 Å². The first kappa shape index (κ1) is 13.9. The molecule has 1 aromatic rings. The Balaban J connectivity index is 2.18. The lowest BCUT2D eigenvalue weighted by molar-refractivity contribution is 0.0265. The summed E-state index contributed by atoms with van der Waals surface area (Å²) in [6, 6.07) is 2.59. The van der Waals surface area contributed by atoms with Gasteiger partial charge in [0.2, 0.25) is 0 Å². The fraction of sp³-hybridized carbons (Fsp3) is 0.500. The smallest absolute Gasteiger partial charge is 0.256 e. The molecule has 0 bridgehead atoms. The van der Waals surface area contributed by atoms with Gasteiger partial charge in [0, 0.05) is 13.1 Å². The van der Waals surface area contributed by atoms with Gasteiger partial charge in [-0.15, -0.1) is 0 Å². The molecule has 0 saturated heterocycles. The zero-order valence-electron chi connectivity index (χ0n) is 10.8. The highest BCUT2D eigenvalue weighted by atomic mass is 19.1. The van der Waals surface area contributed by atoms with Crippen molar-refractivity contribution in [2.75, 3.05) is 7.05 Å². The number of likely N-dealkylation sites (N-methyl/N-ethyl adjacent to an activating group) is 1. The second-order valence-electron chi connectivity index (χ2n) is 4.96. The van der Waals surface area contributed by atoms with E-state index >= 15 is 0 Å². The molecule has 104 valence electrons. The lowest BCUT2D eigenvalue weighted by atomic mass is 9.91. The fourth-order valence-corrected chi connectivity index (χ4v) is 2.55. The average molecular weight is 269 g/mol. The minimum absolute atomic E-state index is 0.165. The second-order valence-corrected chi connectivity index (χ2v) is 4.96. The zero-order valence-corrected chi connectivity index (χ0v) is 10.8. The van der Waals surface area contributed by atoms with E-state index < -0.39 is 23.6 Å². The van der Waals surface area contributed by atoms with Gasteiger partial charge >= 0.3 is 0 Å². The third-order valence-electron chi connectivity index (χ3n) is 3.67. The predicted molar refractivity (Wildman–Crippen MR) is 66.7 cm³/mol.